The maximum atomic E-state index is 13.6. The van der Waals surface area contributed by atoms with Gasteiger partial charge in [-0.1, -0.05) is 54.6 Å². The van der Waals surface area contributed by atoms with Crippen molar-refractivity contribution in [3.63, 3.8) is 0 Å². The minimum absolute atomic E-state index is 0.0361. The smallest absolute Gasteiger partial charge is 0.265 e. The minimum atomic E-state index is -0.168. The van der Waals surface area contributed by atoms with Crippen LogP contribution in [0.1, 0.15) is 18.4 Å². The lowest BCUT2D eigenvalue weighted by Gasteiger charge is -2.25. The van der Waals surface area contributed by atoms with Crippen molar-refractivity contribution in [1.29, 1.82) is 0 Å². The van der Waals surface area contributed by atoms with Crippen molar-refractivity contribution in [3.8, 4) is 17.3 Å². The molecule has 3 aromatic carbocycles. The number of carbonyl (C=O) groups excluding carboxylic acids is 1. The molecule has 152 valence electrons. The molecule has 4 aromatic rings. The summed E-state index contributed by atoms with van der Waals surface area (Å²) in [6.07, 6.45) is 1.81. The SMILES string of the molecule is O=C(C1CC1)N1Cc2ccccc2Oc2c1c1ccccc1c(=O)n2-c1ccccc1. The number of benzene rings is 3. The highest BCUT2D eigenvalue weighted by Gasteiger charge is 2.38. The fourth-order valence-electron chi connectivity index (χ4n) is 4.30. The molecule has 1 aliphatic carbocycles. The van der Waals surface area contributed by atoms with Gasteiger partial charge in [0.25, 0.3) is 5.56 Å². The number of fused-ring (bicyclic) bond motifs is 4. The van der Waals surface area contributed by atoms with E-state index in [2.05, 4.69) is 0 Å². The van der Waals surface area contributed by atoms with Crippen molar-refractivity contribution in [3.05, 3.63) is 94.8 Å². The molecule has 1 fully saturated rings. The molecule has 0 saturated heterocycles. The van der Waals surface area contributed by atoms with Crippen LogP contribution in [0, 0.1) is 5.92 Å². The van der Waals surface area contributed by atoms with Gasteiger partial charge in [0.2, 0.25) is 11.8 Å². The van der Waals surface area contributed by atoms with E-state index in [0.717, 1.165) is 23.8 Å². The summed E-state index contributed by atoms with van der Waals surface area (Å²) in [4.78, 5) is 28.9. The number of pyridine rings is 1. The third-order valence-corrected chi connectivity index (χ3v) is 6.01. The summed E-state index contributed by atoms with van der Waals surface area (Å²) in [7, 11) is 0. The Hall–Kier alpha value is -3.86. The molecule has 1 aromatic heterocycles. The Labute approximate surface area is 179 Å². The van der Waals surface area contributed by atoms with Gasteiger partial charge in [-0.05, 0) is 37.1 Å². The second-order valence-corrected chi connectivity index (χ2v) is 8.08. The van der Waals surface area contributed by atoms with Gasteiger partial charge in [-0.3, -0.25) is 9.59 Å². The molecule has 1 amide bonds. The molecule has 0 atom stereocenters. The lowest BCUT2D eigenvalue weighted by Crippen LogP contribution is -2.33. The molecule has 2 heterocycles. The predicted octanol–water partition coefficient (Wildman–Crippen LogP) is 5.04. The molecule has 0 radical (unpaired) electrons. The Morgan fingerprint density at radius 3 is 2.29 bits per heavy atom. The molecule has 0 N–H and O–H groups in total. The highest BCUT2D eigenvalue weighted by atomic mass is 16.5. The van der Waals surface area contributed by atoms with Crippen LogP contribution in [0.4, 0.5) is 5.69 Å². The fraction of sp³-hybridized carbons (Fsp3) is 0.154. The second kappa shape index (κ2) is 6.84. The highest BCUT2D eigenvalue weighted by molar-refractivity contribution is 6.07. The molecule has 1 saturated carbocycles. The first-order valence-corrected chi connectivity index (χ1v) is 10.5. The summed E-state index contributed by atoms with van der Waals surface area (Å²) in [5, 5.41) is 1.30. The van der Waals surface area contributed by atoms with Gasteiger partial charge in [-0.2, -0.15) is 0 Å². The van der Waals surface area contributed by atoms with Crippen molar-refractivity contribution in [2.24, 2.45) is 5.92 Å². The molecule has 31 heavy (non-hydrogen) atoms. The van der Waals surface area contributed by atoms with E-state index in [1.165, 1.54) is 0 Å². The molecule has 0 unspecified atom stereocenters. The Morgan fingerprint density at radius 2 is 1.52 bits per heavy atom. The van der Waals surface area contributed by atoms with Crippen LogP contribution in [-0.4, -0.2) is 10.5 Å². The highest BCUT2D eigenvalue weighted by Crippen LogP contribution is 2.45. The maximum Gasteiger partial charge on any atom is 0.265 e. The average Bonchev–Trinajstić information content (AvgIpc) is 3.66. The molecule has 0 spiro atoms. The minimum Gasteiger partial charge on any atom is -0.438 e. The van der Waals surface area contributed by atoms with Crippen LogP contribution in [0.25, 0.3) is 16.5 Å². The second-order valence-electron chi connectivity index (χ2n) is 8.08. The van der Waals surface area contributed by atoms with Crippen molar-refractivity contribution >= 4 is 22.4 Å². The van der Waals surface area contributed by atoms with E-state index >= 15 is 0 Å². The van der Waals surface area contributed by atoms with Crippen molar-refractivity contribution < 1.29 is 9.53 Å². The van der Waals surface area contributed by atoms with Gasteiger partial charge in [-0.25, -0.2) is 4.57 Å². The molecule has 1 aliphatic heterocycles. The molecular weight excluding hydrogens is 388 g/mol. The van der Waals surface area contributed by atoms with Crippen LogP contribution in [0.5, 0.6) is 11.6 Å². The topological polar surface area (TPSA) is 51.5 Å². The number of hydrogen-bond acceptors (Lipinski definition) is 3. The third-order valence-electron chi connectivity index (χ3n) is 6.01. The normalized spacial score (nSPS) is 15.0. The van der Waals surface area contributed by atoms with E-state index in [1.807, 2.05) is 83.8 Å². The predicted molar refractivity (Wildman–Crippen MR) is 120 cm³/mol. The van der Waals surface area contributed by atoms with E-state index in [9.17, 15) is 9.59 Å². The molecule has 5 heteroatoms. The largest absolute Gasteiger partial charge is 0.438 e. The van der Waals surface area contributed by atoms with E-state index in [-0.39, 0.29) is 17.4 Å². The van der Waals surface area contributed by atoms with Gasteiger partial charge in [0.15, 0.2) is 0 Å². The number of nitrogens with zero attached hydrogens (tertiary/aromatic N) is 2. The number of para-hydroxylation sites is 2. The van der Waals surface area contributed by atoms with Gasteiger partial charge in [0, 0.05) is 22.3 Å². The third kappa shape index (κ3) is 2.85. The van der Waals surface area contributed by atoms with Gasteiger partial charge in [0.05, 0.1) is 12.2 Å². The summed E-state index contributed by atoms with van der Waals surface area (Å²) >= 11 is 0. The van der Waals surface area contributed by atoms with Crippen LogP contribution in [0.3, 0.4) is 0 Å². The fourth-order valence-corrected chi connectivity index (χ4v) is 4.30. The van der Waals surface area contributed by atoms with Gasteiger partial charge < -0.3 is 9.64 Å². The van der Waals surface area contributed by atoms with E-state index in [0.29, 0.717) is 34.9 Å². The molecular formula is C26H20N2O3. The van der Waals surface area contributed by atoms with Crippen LogP contribution in [0.2, 0.25) is 0 Å². The number of amides is 1. The zero-order valence-corrected chi connectivity index (χ0v) is 16.8. The van der Waals surface area contributed by atoms with Gasteiger partial charge >= 0.3 is 0 Å². The maximum absolute atomic E-state index is 13.6. The number of hydrogen-bond donors (Lipinski definition) is 0. The Balaban J connectivity index is 1.74. The van der Waals surface area contributed by atoms with E-state index in [1.54, 1.807) is 4.57 Å². The number of carbonyl (C=O) groups is 1. The van der Waals surface area contributed by atoms with Crippen LogP contribution >= 0.6 is 0 Å². The van der Waals surface area contributed by atoms with Crippen molar-refractivity contribution in [2.75, 3.05) is 4.90 Å². The standard InChI is InChI=1S/C26H20N2O3/c29-24(17-14-15-17)27-16-18-8-4-7-13-22(18)31-26-23(27)20-11-5-6-12-21(20)25(30)28(26)19-9-2-1-3-10-19/h1-13,17H,14-16H2. The van der Waals surface area contributed by atoms with Gasteiger partial charge in [0.1, 0.15) is 11.4 Å². The van der Waals surface area contributed by atoms with Crippen molar-refractivity contribution in [2.45, 2.75) is 19.4 Å². The number of rotatable bonds is 2. The Morgan fingerprint density at radius 1 is 0.839 bits per heavy atom. The summed E-state index contributed by atoms with van der Waals surface area (Å²) in [6.45, 7) is 0.412. The zero-order chi connectivity index (χ0) is 20.9. The summed E-state index contributed by atoms with van der Waals surface area (Å²) in [5.74, 6) is 1.17. The molecule has 5 nitrogen and oxygen atoms in total. The first-order valence-electron chi connectivity index (χ1n) is 10.5. The van der Waals surface area contributed by atoms with Gasteiger partial charge in [-0.15, -0.1) is 0 Å². The number of ether oxygens (including phenoxy) is 1. The average molecular weight is 408 g/mol. The summed E-state index contributed by atoms with van der Waals surface area (Å²) in [5.41, 5.74) is 2.11. The first kappa shape index (κ1) is 18.0. The first-order chi connectivity index (χ1) is 15.2. The zero-order valence-electron chi connectivity index (χ0n) is 16.8. The molecule has 0 bridgehead atoms. The lowest BCUT2D eigenvalue weighted by atomic mass is 10.1. The molecule has 6 rings (SSSR count). The monoisotopic (exact) mass is 408 g/mol. The summed E-state index contributed by atoms with van der Waals surface area (Å²) in [6, 6.07) is 24.6. The summed E-state index contributed by atoms with van der Waals surface area (Å²) < 4.78 is 8.02. The van der Waals surface area contributed by atoms with E-state index in [4.69, 9.17) is 4.74 Å². The molecule has 2 aliphatic rings. The quantitative estimate of drug-likeness (QED) is 0.467. The Kier molecular flexibility index (Phi) is 3.96. The number of aromatic nitrogens is 1. The van der Waals surface area contributed by atoms with Crippen LogP contribution in [0.15, 0.2) is 83.7 Å². The van der Waals surface area contributed by atoms with E-state index < -0.39 is 0 Å². The van der Waals surface area contributed by atoms with Crippen LogP contribution < -0.4 is 15.2 Å². The lowest BCUT2D eigenvalue weighted by molar-refractivity contribution is -0.119. The van der Waals surface area contributed by atoms with Crippen LogP contribution in [-0.2, 0) is 11.3 Å². The van der Waals surface area contributed by atoms with Crippen molar-refractivity contribution in [1.82, 2.24) is 4.57 Å². The Bertz CT molecular complexity index is 1390. The number of anilines is 1.